The third-order valence-corrected chi connectivity index (χ3v) is 8.58. The van der Waals surface area contributed by atoms with E-state index in [-0.39, 0.29) is 18.8 Å². The fourth-order valence-corrected chi connectivity index (χ4v) is 6.69. The van der Waals surface area contributed by atoms with Gasteiger partial charge in [0.1, 0.15) is 12.1 Å². The summed E-state index contributed by atoms with van der Waals surface area (Å²) in [4.78, 5) is 50.6. The number of carbonyl (C=O) groups excluding carboxylic acids is 3. The number of benzene rings is 3. The van der Waals surface area contributed by atoms with Crippen LogP contribution in [0.2, 0.25) is 0 Å². The fourth-order valence-electron chi connectivity index (χ4n) is 6.69. The van der Waals surface area contributed by atoms with Gasteiger partial charge in [-0.2, -0.15) is 0 Å². The number of nitrogens with zero attached hydrogens (tertiary/aromatic N) is 2. The first-order chi connectivity index (χ1) is 21.0. The highest BCUT2D eigenvalue weighted by Gasteiger charge is 2.37. The summed E-state index contributed by atoms with van der Waals surface area (Å²) in [6.07, 6.45) is 1.43. The Bertz CT molecular complexity index is 1940. The molecule has 0 aliphatic carbocycles. The average molecular weight is 577 g/mol. The van der Waals surface area contributed by atoms with E-state index in [4.69, 9.17) is 4.74 Å². The summed E-state index contributed by atoms with van der Waals surface area (Å²) in [6, 6.07) is 20.4. The van der Waals surface area contributed by atoms with Crippen LogP contribution in [-0.4, -0.2) is 51.4 Å². The lowest BCUT2D eigenvalue weighted by Crippen LogP contribution is -2.46. The Labute approximate surface area is 245 Å². The molecule has 0 saturated heterocycles. The van der Waals surface area contributed by atoms with Crippen LogP contribution in [0.4, 0.5) is 0 Å². The minimum absolute atomic E-state index is 0.0258. The normalized spacial score (nSPS) is 19.6. The number of nitrogens with one attached hydrogen (secondary N) is 2. The first-order valence-electron chi connectivity index (χ1n) is 14.1. The van der Waals surface area contributed by atoms with Gasteiger partial charge < -0.3 is 15.2 Å². The summed E-state index contributed by atoms with van der Waals surface area (Å²) in [5.41, 5.74) is 5.37. The summed E-state index contributed by atoms with van der Waals surface area (Å²) in [6.45, 7) is 0.554. The van der Waals surface area contributed by atoms with Crippen molar-refractivity contribution in [3.63, 3.8) is 0 Å². The van der Waals surface area contributed by atoms with Crippen LogP contribution in [0.15, 0.2) is 72.8 Å². The summed E-state index contributed by atoms with van der Waals surface area (Å²) >= 11 is 0. The van der Waals surface area contributed by atoms with Gasteiger partial charge in [0.2, 0.25) is 12.8 Å². The van der Waals surface area contributed by atoms with E-state index in [1.807, 2.05) is 48.5 Å². The van der Waals surface area contributed by atoms with Gasteiger partial charge in [-0.15, -0.1) is 0 Å². The molecule has 4 heterocycles. The maximum Gasteiger partial charge on any atom is 0.321 e. The predicted molar refractivity (Wildman–Crippen MR) is 159 cm³/mol. The molecule has 3 atom stereocenters. The highest BCUT2D eigenvalue weighted by molar-refractivity contribution is 6.04. The Morgan fingerprint density at radius 1 is 0.860 bits per heavy atom. The number of rotatable bonds is 8. The molecule has 216 valence electrons. The van der Waals surface area contributed by atoms with Crippen molar-refractivity contribution in [2.75, 3.05) is 6.54 Å². The second kappa shape index (κ2) is 10.7. The predicted octanol–water partition coefficient (Wildman–Crippen LogP) is 3.56. The SMILES string of the molecule is O=Cn1c2c(c3ccccc31)CCN[C@@H]2C(=O)c1ccccc1CO[C@@H]1NC(C(=O)O)Cc2c1n(C=O)c1ccccc21. The number of carbonyl (C=O) groups is 4. The molecule has 0 spiro atoms. The van der Waals surface area contributed by atoms with Crippen molar-refractivity contribution in [3.8, 4) is 0 Å². The fraction of sp³-hybridized carbons (Fsp3) is 0.212. The lowest BCUT2D eigenvalue weighted by atomic mass is 9.91. The number of aliphatic carboxylic acids is 1. The Hall–Kier alpha value is -4.90. The Morgan fingerprint density at radius 3 is 2.19 bits per heavy atom. The molecule has 2 aliphatic rings. The van der Waals surface area contributed by atoms with Crippen LogP contribution >= 0.6 is 0 Å². The van der Waals surface area contributed by atoms with Gasteiger partial charge in [-0.05, 0) is 35.2 Å². The van der Waals surface area contributed by atoms with Gasteiger partial charge in [-0.3, -0.25) is 33.6 Å². The minimum Gasteiger partial charge on any atom is -0.480 e. The number of ether oxygens (including phenoxy) is 1. The van der Waals surface area contributed by atoms with Gasteiger partial charge in [-0.25, -0.2) is 0 Å². The molecule has 0 radical (unpaired) electrons. The van der Waals surface area contributed by atoms with Gasteiger partial charge >= 0.3 is 5.97 Å². The molecule has 2 aromatic heterocycles. The second-order valence-electron chi connectivity index (χ2n) is 10.8. The van der Waals surface area contributed by atoms with Gasteiger partial charge in [0.05, 0.1) is 29.0 Å². The molecule has 2 aliphatic heterocycles. The van der Waals surface area contributed by atoms with Gasteiger partial charge in [-0.1, -0.05) is 60.7 Å². The minimum atomic E-state index is -1.03. The number of para-hydroxylation sites is 2. The van der Waals surface area contributed by atoms with Crippen molar-refractivity contribution in [2.45, 2.75) is 37.8 Å². The van der Waals surface area contributed by atoms with Gasteiger partial charge in [0.25, 0.3) is 0 Å². The van der Waals surface area contributed by atoms with E-state index in [9.17, 15) is 24.3 Å². The van der Waals surface area contributed by atoms with E-state index in [0.717, 1.165) is 33.8 Å². The Kier molecular flexibility index (Phi) is 6.73. The summed E-state index contributed by atoms with van der Waals surface area (Å²) < 4.78 is 9.34. The zero-order valence-corrected chi connectivity index (χ0v) is 23.0. The smallest absolute Gasteiger partial charge is 0.321 e. The van der Waals surface area contributed by atoms with E-state index in [2.05, 4.69) is 10.6 Å². The van der Waals surface area contributed by atoms with Gasteiger partial charge in [0, 0.05) is 29.3 Å². The zero-order chi connectivity index (χ0) is 29.7. The van der Waals surface area contributed by atoms with Crippen molar-refractivity contribution in [1.29, 1.82) is 0 Å². The Morgan fingerprint density at radius 2 is 1.49 bits per heavy atom. The van der Waals surface area contributed by atoms with Crippen LogP contribution in [0.1, 0.15) is 50.7 Å². The molecule has 10 heteroatoms. The number of hydrogen-bond acceptors (Lipinski definition) is 7. The molecular weight excluding hydrogens is 548 g/mol. The van der Waals surface area contributed by atoms with Crippen LogP contribution in [0.3, 0.4) is 0 Å². The largest absolute Gasteiger partial charge is 0.480 e. The standard InChI is InChI=1S/C33H28N4O6/c38-17-36-26-11-5-3-9-21(26)23-13-14-34-28(29(23)36)31(40)20-8-2-1-7-19(20)16-43-32-30-24(15-25(35-32)33(41)42)22-10-4-6-12-27(22)37(30)18-39/h1-12,17-18,25,28,32,34-35H,13-16H2,(H,41,42)/t25?,28-,32-/m0/s1. The molecule has 0 amide bonds. The molecule has 7 rings (SSSR count). The van der Waals surface area contributed by atoms with Crippen LogP contribution in [0.25, 0.3) is 21.8 Å². The zero-order valence-electron chi connectivity index (χ0n) is 23.0. The first-order valence-corrected chi connectivity index (χ1v) is 14.1. The van der Waals surface area contributed by atoms with Crippen molar-refractivity contribution < 1.29 is 29.0 Å². The van der Waals surface area contributed by atoms with E-state index in [0.29, 0.717) is 47.4 Å². The van der Waals surface area contributed by atoms with E-state index < -0.39 is 24.3 Å². The van der Waals surface area contributed by atoms with Crippen molar-refractivity contribution >= 4 is 46.4 Å². The quantitative estimate of drug-likeness (QED) is 0.189. The second-order valence-corrected chi connectivity index (χ2v) is 10.8. The molecule has 0 saturated carbocycles. The number of fused-ring (bicyclic) bond motifs is 6. The van der Waals surface area contributed by atoms with Crippen molar-refractivity contribution in [2.24, 2.45) is 0 Å². The molecule has 0 bridgehead atoms. The van der Waals surface area contributed by atoms with E-state index in [1.165, 1.54) is 4.57 Å². The maximum atomic E-state index is 14.1. The number of Topliss-reactive ketones (excluding diaryl/α,β-unsaturated/α-hetero) is 1. The molecular formula is C33H28N4O6. The van der Waals surface area contributed by atoms with Crippen molar-refractivity contribution in [1.82, 2.24) is 19.8 Å². The molecule has 1 unspecified atom stereocenters. The van der Waals surface area contributed by atoms with Crippen LogP contribution in [0.5, 0.6) is 0 Å². The first kappa shape index (κ1) is 27.0. The number of carboxylic acid groups (broad SMARTS) is 1. The van der Waals surface area contributed by atoms with E-state index in [1.54, 1.807) is 28.8 Å². The molecule has 43 heavy (non-hydrogen) atoms. The monoisotopic (exact) mass is 576 g/mol. The van der Waals surface area contributed by atoms with Crippen LogP contribution < -0.4 is 10.6 Å². The number of ketones is 1. The summed E-state index contributed by atoms with van der Waals surface area (Å²) in [5.74, 6) is -1.23. The molecule has 5 aromatic rings. The maximum absolute atomic E-state index is 14.1. The average Bonchev–Trinajstić information content (AvgIpc) is 3.55. The van der Waals surface area contributed by atoms with Crippen LogP contribution in [0, 0.1) is 0 Å². The topological polar surface area (TPSA) is 132 Å². The molecule has 0 fully saturated rings. The lowest BCUT2D eigenvalue weighted by Gasteiger charge is -2.30. The Balaban J connectivity index is 1.24. The molecule has 10 nitrogen and oxygen atoms in total. The lowest BCUT2D eigenvalue weighted by molar-refractivity contribution is -0.141. The van der Waals surface area contributed by atoms with Crippen LogP contribution in [-0.2, 0) is 38.6 Å². The molecule has 3 aromatic carbocycles. The summed E-state index contributed by atoms with van der Waals surface area (Å²) in [7, 11) is 0. The number of hydrogen-bond donors (Lipinski definition) is 3. The highest BCUT2D eigenvalue weighted by Crippen LogP contribution is 2.37. The van der Waals surface area contributed by atoms with Crippen molar-refractivity contribution in [3.05, 3.63) is 106 Å². The highest BCUT2D eigenvalue weighted by atomic mass is 16.5. The molecule has 3 N–H and O–H groups in total. The summed E-state index contributed by atoms with van der Waals surface area (Å²) in [5, 5.41) is 18.0. The van der Waals surface area contributed by atoms with Gasteiger partial charge in [0.15, 0.2) is 12.0 Å². The van der Waals surface area contributed by atoms with E-state index >= 15 is 0 Å². The third-order valence-electron chi connectivity index (χ3n) is 8.58. The third kappa shape index (κ3) is 4.30. The number of carboxylic acids is 1. The number of aromatic nitrogens is 2.